The van der Waals surface area contributed by atoms with Gasteiger partial charge in [-0.1, -0.05) is 17.3 Å². The maximum atomic E-state index is 4.31. The monoisotopic (exact) mass is 251 g/mol. The van der Waals surface area contributed by atoms with Gasteiger partial charge in [0, 0.05) is 7.05 Å². The topological polar surface area (TPSA) is 74.3 Å². The molecule has 92 valence electrons. The molecule has 0 unspecified atom stereocenters. The fourth-order valence-electron chi connectivity index (χ4n) is 2.14. The van der Waals surface area contributed by atoms with Crippen LogP contribution in [-0.4, -0.2) is 34.7 Å². The summed E-state index contributed by atoms with van der Waals surface area (Å²) in [4.78, 5) is 8.53. The van der Waals surface area contributed by atoms with Crippen LogP contribution in [0, 0.1) is 0 Å². The van der Waals surface area contributed by atoms with E-state index in [4.69, 9.17) is 0 Å². The fourth-order valence-corrected chi connectivity index (χ4v) is 2.14. The molecule has 3 heterocycles. The molecular formula is C12H9N7. The van der Waals surface area contributed by atoms with E-state index in [9.17, 15) is 0 Å². The van der Waals surface area contributed by atoms with Gasteiger partial charge < -0.3 is 0 Å². The Morgan fingerprint density at radius 3 is 2.95 bits per heavy atom. The van der Waals surface area contributed by atoms with Gasteiger partial charge in [-0.05, 0) is 12.1 Å². The van der Waals surface area contributed by atoms with E-state index >= 15 is 0 Å². The average molecular weight is 251 g/mol. The van der Waals surface area contributed by atoms with Gasteiger partial charge in [-0.2, -0.15) is 9.78 Å². The second-order valence-electron chi connectivity index (χ2n) is 4.19. The number of para-hydroxylation sites is 1. The average Bonchev–Trinajstić information content (AvgIpc) is 3.03. The van der Waals surface area contributed by atoms with Gasteiger partial charge in [0.25, 0.3) is 0 Å². The van der Waals surface area contributed by atoms with Crippen LogP contribution in [0.4, 0.5) is 0 Å². The van der Waals surface area contributed by atoms with Crippen molar-refractivity contribution in [2.75, 3.05) is 0 Å². The largest absolute Gasteiger partial charge is 0.250 e. The van der Waals surface area contributed by atoms with Crippen LogP contribution >= 0.6 is 0 Å². The van der Waals surface area contributed by atoms with Crippen LogP contribution in [0.1, 0.15) is 0 Å². The molecule has 3 aromatic heterocycles. The van der Waals surface area contributed by atoms with E-state index in [0.29, 0.717) is 5.82 Å². The molecule has 0 atom stereocenters. The molecule has 0 fully saturated rings. The molecule has 7 heteroatoms. The lowest BCUT2D eigenvalue weighted by atomic mass is 10.3. The second-order valence-corrected chi connectivity index (χ2v) is 4.19. The molecule has 1 aromatic carbocycles. The molecular weight excluding hydrogens is 242 g/mol. The molecule has 0 amide bonds. The van der Waals surface area contributed by atoms with Crippen molar-refractivity contribution in [3.8, 4) is 5.82 Å². The van der Waals surface area contributed by atoms with Crippen LogP contribution in [0.15, 0.2) is 36.8 Å². The van der Waals surface area contributed by atoms with Gasteiger partial charge in [-0.25, -0.2) is 9.97 Å². The molecule has 0 aliphatic carbocycles. The summed E-state index contributed by atoms with van der Waals surface area (Å²) in [5.74, 6) is 0.687. The molecule has 7 nitrogen and oxygen atoms in total. The Morgan fingerprint density at radius 2 is 2.00 bits per heavy atom. The van der Waals surface area contributed by atoms with E-state index in [1.807, 2.05) is 31.3 Å². The van der Waals surface area contributed by atoms with Crippen LogP contribution in [0.25, 0.3) is 27.9 Å². The first-order valence-electron chi connectivity index (χ1n) is 5.78. The highest BCUT2D eigenvalue weighted by atomic mass is 15.4. The summed E-state index contributed by atoms with van der Waals surface area (Å²) in [7, 11) is 1.85. The quantitative estimate of drug-likeness (QED) is 0.506. The third kappa shape index (κ3) is 1.35. The van der Waals surface area contributed by atoms with Gasteiger partial charge in [0.1, 0.15) is 11.8 Å². The smallest absolute Gasteiger partial charge is 0.170 e. The normalized spacial score (nSPS) is 11.4. The molecule has 0 spiro atoms. The maximum Gasteiger partial charge on any atom is 0.170 e. The Balaban J connectivity index is 2.09. The summed E-state index contributed by atoms with van der Waals surface area (Å²) in [5.41, 5.74) is 2.51. The van der Waals surface area contributed by atoms with Crippen LogP contribution in [0.5, 0.6) is 0 Å². The van der Waals surface area contributed by atoms with Crippen molar-refractivity contribution < 1.29 is 0 Å². The van der Waals surface area contributed by atoms with Crippen molar-refractivity contribution in [2.24, 2.45) is 7.05 Å². The molecule has 4 aromatic rings. The van der Waals surface area contributed by atoms with E-state index < -0.39 is 0 Å². The Hall–Kier alpha value is -2.83. The Labute approximate surface area is 107 Å². The minimum absolute atomic E-state index is 0.687. The number of aryl methyl sites for hydroxylation is 1. The van der Waals surface area contributed by atoms with Gasteiger partial charge in [0.05, 0.1) is 17.1 Å². The number of rotatable bonds is 1. The van der Waals surface area contributed by atoms with Gasteiger partial charge in [-0.3, -0.25) is 4.68 Å². The first-order valence-corrected chi connectivity index (χ1v) is 5.78. The Kier molecular flexibility index (Phi) is 1.91. The summed E-state index contributed by atoms with van der Waals surface area (Å²) in [6.07, 6.45) is 3.25. The van der Waals surface area contributed by atoms with Gasteiger partial charge in [0.15, 0.2) is 11.5 Å². The molecule has 0 aliphatic rings. The summed E-state index contributed by atoms with van der Waals surface area (Å²) >= 11 is 0. The van der Waals surface area contributed by atoms with Crippen molar-refractivity contribution in [3.63, 3.8) is 0 Å². The van der Waals surface area contributed by atoms with Crippen LogP contribution in [0.2, 0.25) is 0 Å². The molecule has 0 bridgehead atoms. The number of hydrogen-bond acceptors (Lipinski definition) is 5. The standard InChI is InChI=1S/C12H9N7/c1-18-11-8(6-15-18)12(14-7-13-11)19-10-5-3-2-4-9(10)16-17-19/h2-7H,1H3. The predicted octanol–water partition coefficient (Wildman–Crippen LogP) is 1.10. The van der Waals surface area contributed by atoms with Crippen LogP contribution in [0.3, 0.4) is 0 Å². The lowest BCUT2D eigenvalue weighted by molar-refractivity contribution is 0.782. The Morgan fingerprint density at radius 1 is 1.11 bits per heavy atom. The third-order valence-electron chi connectivity index (χ3n) is 3.06. The van der Waals surface area contributed by atoms with E-state index in [0.717, 1.165) is 22.1 Å². The van der Waals surface area contributed by atoms with E-state index in [1.165, 1.54) is 6.33 Å². The van der Waals surface area contributed by atoms with Gasteiger partial charge in [0.2, 0.25) is 0 Å². The van der Waals surface area contributed by atoms with Gasteiger partial charge in [-0.15, -0.1) is 5.10 Å². The van der Waals surface area contributed by atoms with Crippen molar-refractivity contribution >= 4 is 22.1 Å². The zero-order chi connectivity index (χ0) is 12.8. The highest BCUT2D eigenvalue weighted by Crippen LogP contribution is 2.20. The highest BCUT2D eigenvalue weighted by molar-refractivity contribution is 5.85. The fraction of sp³-hybridized carbons (Fsp3) is 0.0833. The number of nitrogens with zero attached hydrogens (tertiary/aromatic N) is 7. The zero-order valence-corrected chi connectivity index (χ0v) is 10.1. The van der Waals surface area contributed by atoms with Gasteiger partial charge >= 0.3 is 0 Å². The Bertz CT molecular complexity index is 889. The lowest BCUT2D eigenvalue weighted by Crippen LogP contribution is -2.02. The van der Waals surface area contributed by atoms with Crippen molar-refractivity contribution in [3.05, 3.63) is 36.8 Å². The number of fused-ring (bicyclic) bond motifs is 2. The number of benzene rings is 1. The SMILES string of the molecule is Cn1ncc2c(-n3nnc4ccccc43)ncnc21. The molecule has 0 saturated carbocycles. The number of aromatic nitrogens is 7. The van der Waals surface area contributed by atoms with Crippen molar-refractivity contribution in [2.45, 2.75) is 0 Å². The molecule has 0 radical (unpaired) electrons. The lowest BCUT2D eigenvalue weighted by Gasteiger charge is -2.02. The maximum absolute atomic E-state index is 4.31. The predicted molar refractivity (Wildman–Crippen MR) is 68.7 cm³/mol. The number of hydrogen-bond donors (Lipinski definition) is 0. The molecule has 4 rings (SSSR count). The molecule has 0 N–H and O–H groups in total. The van der Waals surface area contributed by atoms with E-state index in [1.54, 1.807) is 15.6 Å². The van der Waals surface area contributed by atoms with E-state index in [2.05, 4.69) is 25.4 Å². The summed E-state index contributed by atoms with van der Waals surface area (Å²) in [5, 5.41) is 13.3. The van der Waals surface area contributed by atoms with Crippen molar-refractivity contribution in [1.82, 2.24) is 34.7 Å². The molecule has 19 heavy (non-hydrogen) atoms. The zero-order valence-electron chi connectivity index (χ0n) is 10.1. The van der Waals surface area contributed by atoms with Crippen molar-refractivity contribution in [1.29, 1.82) is 0 Å². The molecule has 0 saturated heterocycles. The molecule has 0 aliphatic heterocycles. The second kappa shape index (κ2) is 3.58. The minimum Gasteiger partial charge on any atom is -0.250 e. The van der Waals surface area contributed by atoms with E-state index in [-0.39, 0.29) is 0 Å². The summed E-state index contributed by atoms with van der Waals surface area (Å²) in [6.45, 7) is 0. The summed E-state index contributed by atoms with van der Waals surface area (Å²) < 4.78 is 3.42. The van der Waals surface area contributed by atoms with Crippen LogP contribution in [-0.2, 0) is 7.05 Å². The highest BCUT2D eigenvalue weighted by Gasteiger charge is 2.13. The minimum atomic E-state index is 0.687. The van der Waals surface area contributed by atoms with Crippen LogP contribution < -0.4 is 0 Å². The first kappa shape index (κ1) is 10.1. The first-order chi connectivity index (χ1) is 9.34. The summed E-state index contributed by atoms with van der Waals surface area (Å²) in [6, 6.07) is 7.75. The third-order valence-corrected chi connectivity index (χ3v) is 3.06.